The van der Waals surface area contributed by atoms with Crippen molar-refractivity contribution in [1.82, 2.24) is 24.5 Å². The number of nitrogens with two attached hydrogens (primary N) is 1. The van der Waals surface area contributed by atoms with E-state index in [4.69, 9.17) is 5.73 Å². The van der Waals surface area contributed by atoms with E-state index in [1.807, 2.05) is 24.6 Å². The van der Waals surface area contributed by atoms with Gasteiger partial charge in [-0.2, -0.15) is 5.10 Å². The first-order valence-corrected chi connectivity index (χ1v) is 7.72. The Kier molecular flexibility index (Phi) is 4.66. The summed E-state index contributed by atoms with van der Waals surface area (Å²) in [5.41, 5.74) is 7.04. The zero-order chi connectivity index (χ0) is 15.6. The molecule has 0 fully saturated rings. The topological polar surface area (TPSA) is 91.6 Å². The number of carbonyl (C=O) groups excluding carboxylic acids is 1. The number of aromatic nitrogens is 5. The molecule has 21 heavy (non-hydrogen) atoms. The van der Waals surface area contributed by atoms with Crippen LogP contribution in [0.3, 0.4) is 0 Å². The number of hydrogen-bond donors (Lipinski definition) is 1. The maximum Gasteiger partial charge on any atom is 0.227 e. The third-order valence-corrected chi connectivity index (χ3v) is 3.94. The summed E-state index contributed by atoms with van der Waals surface area (Å²) in [6.45, 7) is 6.99. The minimum absolute atomic E-state index is 0.192. The molecule has 2 N–H and O–H groups in total. The second-order valence-electron chi connectivity index (χ2n) is 5.36. The fourth-order valence-corrected chi connectivity index (χ4v) is 2.61. The molecule has 2 heterocycles. The molecule has 0 unspecified atom stereocenters. The zero-order valence-corrected chi connectivity index (χ0v) is 13.5. The molecule has 0 aliphatic heterocycles. The Morgan fingerprint density at radius 2 is 2.14 bits per heavy atom. The summed E-state index contributed by atoms with van der Waals surface area (Å²) in [4.78, 5) is 11.0. The molecule has 8 heteroatoms. The van der Waals surface area contributed by atoms with Gasteiger partial charge >= 0.3 is 0 Å². The van der Waals surface area contributed by atoms with E-state index in [-0.39, 0.29) is 11.7 Å². The summed E-state index contributed by atoms with van der Waals surface area (Å²) in [5.74, 6) is 0.975. The third kappa shape index (κ3) is 3.63. The molecular formula is C13H20N6OS. The molecule has 0 spiro atoms. The van der Waals surface area contributed by atoms with Crippen molar-refractivity contribution in [3.8, 4) is 11.5 Å². The lowest BCUT2D eigenvalue weighted by Gasteiger charge is -2.10. The molecule has 1 amide bonds. The SMILES string of the molecule is Cc1cc(-c2nnc(SCC(N)=O)n2CC(C)C)nn1C. The zero-order valence-electron chi connectivity index (χ0n) is 12.7. The Balaban J connectivity index is 2.38. The molecule has 2 aromatic rings. The Bertz CT molecular complexity index is 626. The summed E-state index contributed by atoms with van der Waals surface area (Å²) >= 11 is 1.30. The van der Waals surface area contributed by atoms with Crippen LogP contribution in [-0.2, 0) is 18.4 Å². The number of rotatable bonds is 6. The van der Waals surface area contributed by atoms with E-state index < -0.39 is 0 Å². The molecule has 0 aliphatic carbocycles. The number of amides is 1. The summed E-state index contributed by atoms with van der Waals surface area (Å²) in [6.07, 6.45) is 0. The lowest BCUT2D eigenvalue weighted by molar-refractivity contribution is -0.115. The molecule has 0 aliphatic rings. The Morgan fingerprint density at radius 3 is 2.67 bits per heavy atom. The first-order chi connectivity index (χ1) is 9.88. The number of aryl methyl sites for hydroxylation is 2. The molecule has 2 rings (SSSR count). The van der Waals surface area contributed by atoms with Gasteiger partial charge < -0.3 is 10.3 Å². The van der Waals surface area contributed by atoms with E-state index in [1.165, 1.54) is 11.8 Å². The highest BCUT2D eigenvalue weighted by Crippen LogP contribution is 2.24. The predicted octanol–water partition coefficient (Wildman–Crippen LogP) is 1.22. The average Bonchev–Trinajstić information content (AvgIpc) is 2.91. The average molecular weight is 308 g/mol. The molecule has 0 aromatic carbocycles. The van der Waals surface area contributed by atoms with Gasteiger partial charge in [-0.3, -0.25) is 9.48 Å². The number of thioether (sulfide) groups is 1. The van der Waals surface area contributed by atoms with Gasteiger partial charge in [0, 0.05) is 19.3 Å². The maximum atomic E-state index is 11.0. The van der Waals surface area contributed by atoms with E-state index in [0.717, 1.165) is 23.8 Å². The van der Waals surface area contributed by atoms with Crippen LogP contribution in [0.4, 0.5) is 0 Å². The molecule has 2 aromatic heterocycles. The van der Waals surface area contributed by atoms with Crippen LogP contribution in [-0.4, -0.2) is 36.2 Å². The first kappa shape index (κ1) is 15.6. The molecule has 7 nitrogen and oxygen atoms in total. The van der Waals surface area contributed by atoms with Gasteiger partial charge in [0.25, 0.3) is 0 Å². The molecule has 114 valence electrons. The van der Waals surface area contributed by atoms with E-state index >= 15 is 0 Å². The van der Waals surface area contributed by atoms with E-state index in [9.17, 15) is 4.79 Å². The largest absolute Gasteiger partial charge is 0.369 e. The summed E-state index contributed by atoms with van der Waals surface area (Å²) in [7, 11) is 1.89. The van der Waals surface area contributed by atoms with Crippen molar-refractivity contribution in [3.63, 3.8) is 0 Å². The van der Waals surface area contributed by atoms with E-state index in [1.54, 1.807) is 4.68 Å². The molecular weight excluding hydrogens is 288 g/mol. The Morgan fingerprint density at radius 1 is 1.43 bits per heavy atom. The van der Waals surface area contributed by atoms with Crippen LogP contribution in [0.15, 0.2) is 11.2 Å². The van der Waals surface area contributed by atoms with E-state index in [0.29, 0.717) is 11.1 Å². The van der Waals surface area contributed by atoms with Crippen LogP contribution in [0.1, 0.15) is 19.5 Å². The van der Waals surface area contributed by atoms with Crippen LogP contribution in [0.25, 0.3) is 11.5 Å². The lowest BCUT2D eigenvalue weighted by Crippen LogP contribution is -2.14. The minimum Gasteiger partial charge on any atom is -0.369 e. The van der Waals surface area contributed by atoms with Crippen molar-refractivity contribution in [2.24, 2.45) is 18.7 Å². The highest BCUT2D eigenvalue weighted by atomic mass is 32.2. The maximum absolute atomic E-state index is 11.0. The second kappa shape index (κ2) is 6.30. The lowest BCUT2D eigenvalue weighted by atomic mass is 10.2. The summed E-state index contributed by atoms with van der Waals surface area (Å²) < 4.78 is 3.81. The molecule has 0 saturated heterocycles. The summed E-state index contributed by atoms with van der Waals surface area (Å²) in [5, 5.41) is 13.6. The second-order valence-corrected chi connectivity index (χ2v) is 6.30. The monoisotopic (exact) mass is 308 g/mol. The number of primary amides is 1. The van der Waals surface area contributed by atoms with Crippen molar-refractivity contribution in [3.05, 3.63) is 11.8 Å². The van der Waals surface area contributed by atoms with Gasteiger partial charge in [0.05, 0.1) is 5.75 Å². The quantitative estimate of drug-likeness (QED) is 0.810. The fourth-order valence-electron chi connectivity index (χ4n) is 1.92. The summed E-state index contributed by atoms with van der Waals surface area (Å²) in [6, 6.07) is 1.98. The van der Waals surface area contributed by atoms with Gasteiger partial charge in [-0.1, -0.05) is 25.6 Å². The van der Waals surface area contributed by atoms with Gasteiger partial charge in [0.1, 0.15) is 5.69 Å². The van der Waals surface area contributed by atoms with Crippen molar-refractivity contribution in [1.29, 1.82) is 0 Å². The molecule has 0 bridgehead atoms. The van der Waals surface area contributed by atoms with Crippen LogP contribution < -0.4 is 5.73 Å². The van der Waals surface area contributed by atoms with Gasteiger partial charge in [-0.05, 0) is 18.9 Å². The van der Waals surface area contributed by atoms with Crippen molar-refractivity contribution >= 4 is 17.7 Å². The van der Waals surface area contributed by atoms with Gasteiger partial charge in [0.15, 0.2) is 11.0 Å². The van der Waals surface area contributed by atoms with Crippen LogP contribution in [0.5, 0.6) is 0 Å². The van der Waals surface area contributed by atoms with Gasteiger partial charge in [-0.15, -0.1) is 10.2 Å². The molecule has 0 saturated carbocycles. The van der Waals surface area contributed by atoms with Gasteiger partial charge in [0.2, 0.25) is 5.91 Å². The highest BCUT2D eigenvalue weighted by Gasteiger charge is 2.18. The van der Waals surface area contributed by atoms with Gasteiger partial charge in [-0.25, -0.2) is 0 Å². The van der Waals surface area contributed by atoms with Crippen LogP contribution >= 0.6 is 11.8 Å². The van der Waals surface area contributed by atoms with Crippen LogP contribution in [0, 0.1) is 12.8 Å². The van der Waals surface area contributed by atoms with Crippen molar-refractivity contribution in [2.75, 3.05) is 5.75 Å². The first-order valence-electron chi connectivity index (χ1n) is 6.73. The Labute approximate surface area is 127 Å². The predicted molar refractivity (Wildman–Crippen MR) is 81.7 cm³/mol. The standard InChI is InChI=1S/C13H20N6OS/c1-8(2)6-19-12(10-5-9(3)18(4)17-10)15-16-13(19)21-7-11(14)20/h5,8H,6-7H2,1-4H3,(H2,14,20). The van der Waals surface area contributed by atoms with Crippen LogP contribution in [0.2, 0.25) is 0 Å². The fraction of sp³-hybridized carbons (Fsp3) is 0.538. The number of hydrogen-bond acceptors (Lipinski definition) is 5. The Hall–Kier alpha value is -1.83. The van der Waals surface area contributed by atoms with Crippen molar-refractivity contribution < 1.29 is 4.79 Å². The highest BCUT2D eigenvalue weighted by molar-refractivity contribution is 7.99. The number of nitrogens with zero attached hydrogens (tertiary/aromatic N) is 5. The normalized spacial score (nSPS) is 11.3. The third-order valence-electron chi connectivity index (χ3n) is 2.95. The molecule has 0 atom stereocenters. The smallest absolute Gasteiger partial charge is 0.227 e. The molecule has 0 radical (unpaired) electrons. The van der Waals surface area contributed by atoms with Crippen molar-refractivity contribution in [2.45, 2.75) is 32.5 Å². The van der Waals surface area contributed by atoms with E-state index in [2.05, 4.69) is 29.1 Å². The minimum atomic E-state index is -0.366. The number of carbonyl (C=O) groups is 1.